The molecular weight excluding hydrogens is 300 g/mol. The second kappa shape index (κ2) is 6.71. The molecule has 0 radical (unpaired) electrons. The van der Waals surface area contributed by atoms with Crippen LogP contribution in [-0.4, -0.2) is 10.9 Å². The number of aromatic amines is 1. The third kappa shape index (κ3) is 3.54. The van der Waals surface area contributed by atoms with Gasteiger partial charge in [-0.1, -0.05) is 29.8 Å². The molecule has 4 heteroatoms. The minimum atomic E-state index is -0.123. The Balaban J connectivity index is 1.76. The highest BCUT2D eigenvalue weighted by Gasteiger charge is 2.08. The van der Waals surface area contributed by atoms with Crippen molar-refractivity contribution >= 4 is 22.5 Å². The first-order valence-corrected chi connectivity index (χ1v) is 8.01. The predicted octanol–water partition coefficient (Wildman–Crippen LogP) is 3.72. The van der Waals surface area contributed by atoms with Crippen LogP contribution in [0, 0.1) is 13.8 Å². The average Bonchev–Trinajstić information content (AvgIpc) is 2.55. The van der Waals surface area contributed by atoms with Crippen LogP contribution in [0.1, 0.15) is 23.1 Å². The van der Waals surface area contributed by atoms with Gasteiger partial charge >= 0.3 is 0 Å². The van der Waals surface area contributed by atoms with Gasteiger partial charge in [0.2, 0.25) is 5.91 Å². The van der Waals surface area contributed by atoms with Crippen LogP contribution in [-0.2, 0) is 11.2 Å². The van der Waals surface area contributed by atoms with E-state index >= 15 is 0 Å². The molecule has 4 nitrogen and oxygen atoms in total. The lowest BCUT2D eigenvalue weighted by Gasteiger charge is -2.08. The zero-order valence-electron chi connectivity index (χ0n) is 13.8. The molecule has 0 spiro atoms. The Morgan fingerprint density at radius 3 is 2.58 bits per heavy atom. The fourth-order valence-electron chi connectivity index (χ4n) is 2.91. The molecule has 1 aromatic heterocycles. The zero-order valence-corrected chi connectivity index (χ0v) is 13.8. The number of para-hydroxylation sites is 1. The fourth-order valence-corrected chi connectivity index (χ4v) is 2.91. The van der Waals surface area contributed by atoms with Crippen molar-refractivity contribution in [3.8, 4) is 0 Å². The van der Waals surface area contributed by atoms with Crippen LogP contribution in [0.15, 0.2) is 53.3 Å². The van der Waals surface area contributed by atoms with E-state index in [0.29, 0.717) is 12.0 Å². The van der Waals surface area contributed by atoms with E-state index in [-0.39, 0.29) is 17.9 Å². The van der Waals surface area contributed by atoms with Crippen LogP contribution in [0.3, 0.4) is 0 Å². The molecule has 3 rings (SSSR count). The first-order chi connectivity index (χ1) is 11.5. The standard InChI is InChI=1S/C20H20N2O2/c1-13-10-14(2)19-16(11-13)12-15(20(24)22-19)8-9-18(23)21-17-6-4-3-5-7-17/h3-7,10-12H,8-9H2,1-2H3,(H,21,23)(H,22,24). The number of benzene rings is 2. The molecule has 0 atom stereocenters. The zero-order chi connectivity index (χ0) is 17.1. The molecule has 0 saturated carbocycles. The van der Waals surface area contributed by atoms with Crippen LogP contribution < -0.4 is 10.9 Å². The number of aromatic nitrogens is 1. The van der Waals surface area contributed by atoms with E-state index in [2.05, 4.69) is 10.3 Å². The summed E-state index contributed by atoms with van der Waals surface area (Å²) in [7, 11) is 0. The molecule has 0 saturated heterocycles. The van der Waals surface area contributed by atoms with E-state index in [9.17, 15) is 9.59 Å². The van der Waals surface area contributed by atoms with Gasteiger partial charge in [-0.15, -0.1) is 0 Å². The molecule has 1 amide bonds. The highest BCUT2D eigenvalue weighted by molar-refractivity contribution is 5.91. The molecule has 24 heavy (non-hydrogen) atoms. The smallest absolute Gasteiger partial charge is 0.251 e. The van der Waals surface area contributed by atoms with Gasteiger partial charge in [0.25, 0.3) is 5.56 Å². The van der Waals surface area contributed by atoms with E-state index in [1.54, 1.807) is 0 Å². The molecule has 2 N–H and O–H groups in total. The van der Waals surface area contributed by atoms with E-state index in [1.807, 2.05) is 62.4 Å². The topological polar surface area (TPSA) is 62.0 Å². The summed E-state index contributed by atoms with van der Waals surface area (Å²) in [5.74, 6) is -0.0962. The number of pyridine rings is 1. The number of amides is 1. The molecule has 122 valence electrons. The molecule has 0 unspecified atom stereocenters. The number of nitrogens with one attached hydrogen (secondary N) is 2. The number of carbonyl (C=O) groups is 1. The van der Waals surface area contributed by atoms with Gasteiger partial charge in [0.1, 0.15) is 0 Å². The monoisotopic (exact) mass is 320 g/mol. The van der Waals surface area contributed by atoms with E-state index < -0.39 is 0 Å². The van der Waals surface area contributed by atoms with Gasteiger partial charge in [-0.3, -0.25) is 9.59 Å². The molecule has 1 heterocycles. The van der Waals surface area contributed by atoms with Gasteiger partial charge in [-0.25, -0.2) is 0 Å². The summed E-state index contributed by atoms with van der Waals surface area (Å²) in [4.78, 5) is 27.2. The molecule has 3 aromatic rings. The molecule has 0 aliphatic carbocycles. The average molecular weight is 320 g/mol. The fraction of sp³-hybridized carbons (Fsp3) is 0.200. The minimum absolute atomic E-state index is 0.0962. The number of hydrogen-bond donors (Lipinski definition) is 2. The minimum Gasteiger partial charge on any atom is -0.326 e. The van der Waals surface area contributed by atoms with Gasteiger partial charge < -0.3 is 10.3 Å². The Morgan fingerprint density at radius 2 is 1.83 bits per heavy atom. The second-order valence-corrected chi connectivity index (χ2v) is 6.08. The quantitative estimate of drug-likeness (QED) is 0.769. The van der Waals surface area contributed by atoms with Crippen LogP contribution in [0.4, 0.5) is 5.69 Å². The maximum Gasteiger partial charge on any atom is 0.251 e. The number of aryl methyl sites for hydroxylation is 3. The summed E-state index contributed by atoms with van der Waals surface area (Å²) < 4.78 is 0. The van der Waals surface area contributed by atoms with Crippen molar-refractivity contribution in [1.82, 2.24) is 4.98 Å². The van der Waals surface area contributed by atoms with Gasteiger partial charge in [0.05, 0.1) is 5.52 Å². The van der Waals surface area contributed by atoms with Crippen molar-refractivity contribution in [3.05, 3.63) is 75.6 Å². The highest BCUT2D eigenvalue weighted by atomic mass is 16.1. The third-order valence-corrected chi connectivity index (χ3v) is 4.05. The number of rotatable bonds is 4. The molecule has 0 fully saturated rings. The Hall–Kier alpha value is -2.88. The van der Waals surface area contributed by atoms with E-state index in [4.69, 9.17) is 0 Å². The van der Waals surface area contributed by atoms with Crippen molar-refractivity contribution < 1.29 is 4.79 Å². The van der Waals surface area contributed by atoms with Crippen molar-refractivity contribution in [2.24, 2.45) is 0 Å². The Morgan fingerprint density at radius 1 is 1.08 bits per heavy atom. The summed E-state index contributed by atoms with van der Waals surface area (Å²) >= 11 is 0. The van der Waals surface area contributed by atoms with E-state index in [1.165, 1.54) is 0 Å². The van der Waals surface area contributed by atoms with Crippen molar-refractivity contribution in [2.75, 3.05) is 5.32 Å². The lowest BCUT2D eigenvalue weighted by Crippen LogP contribution is -2.17. The summed E-state index contributed by atoms with van der Waals surface area (Å²) in [5, 5.41) is 3.84. The summed E-state index contributed by atoms with van der Waals surface area (Å²) in [5.41, 5.74) is 4.34. The van der Waals surface area contributed by atoms with Crippen LogP contribution in [0.5, 0.6) is 0 Å². The maximum atomic E-state index is 12.3. The highest BCUT2D eigenvalue weighted by Crippen LogP contribution is 2.18. The third-order valence-electron chi connectivity index (χ3n) is 4.05. The lowest BCUT2D eigenvalue weighted by molar-refractivity contribution is -0.116. The summed E-state index contributed by atoms with van der Waals surface area (Å²) in [6.07, 6.45) is 0.686. The summed E-state index contributed by atoms with van der Waals surface area (Å²) in [6, 6.07) is 15.3. The Kier molecular flexibility index (Phi) is 4.47. The maximum absolute atomic E-state index is 12.3. The molecular formula is C20H20N2O2. The van der Waals surface area contributed by atoms with E-state index in [0.717, 1.165) is 27.7 Å². The predicted molar refractivity (Wildman–Crippen MR) is 97.4 cm³/mol. The lowest BCUT2D eigenvalue weighted by atomic mass is 10.0. The van der Waals surface area contributed by atoms with Gasteiger partial charge in [-0.2, -0.15) is 0 Å². The van der Waals surface area contributed by atoms with Gasteiger partial charge in [0.15, 0.2) is 0 Å². The van der Waals surface area contributed by atoms with Crippen LogP contribution in [0.25, 0.3) is 10.9 Å². The molecule has 0 bridgehead atoms. The van der Waals surface area contributed by atoms with Gasteiger partial charge in [-0.05, 0) is 55.5 Å². The number of H-pyrrole nitrogens is 1. The van der Waals surface area contributed by atoms with Crippen LogP contribution in [0.2, 0.25) is 0 Å². The SMILES string of the molecule is Cc1cc(C)c2[nH]c(=O)c(CCC(=O)Nc3ccccc3)cc2c1. The Bertz CT molecular complexity index is 943. The van der Waals surface area contributed by atoms with Crippen LogP contribution >= 0.6 is 0 Å². The largest absolute Gasteiger partial charge is 0.326 e. The second-order valence-electron chi connectivity index (χ2n) is 6.08. The molecule has 2 aromatic carbocycles. The van der Waals surface area contributed by atoms with Crippen molar-refractivity contribution in [2.45, 2.75) is 26.7 Å². The Labute approximate surface area is 140 Å². The molecule has 0 aliphatic rings. The first kappa shape index (κ1) is 16.0. The number of hydrogen-bond acceptors (Lipinski definition) is 2. The van der Waals surface area contributed by atoms with Gasteiger partial charge in [0, 0.05) is 17.7 Å². The molecule has 0 aliphatic heterocycles. The first-order valence-electron chi connectivity index (χ1n) is 8.01. The normalized spacial score (nSPS) is 10.8. The summed E-state index contributed by atoms with van der Waals surface area (Å²) in [6.45, 7) is 4.02. The number of fused-ring (bicyclic) bond motifs is 1. The number of carbonyl (C=O) groups excluding carboxylic acids is 1. The van der Waals surface area contributed by atoms with Crippen molar-refractivity contribution in [1.29, 1.82) is 0 Å². The number of anilines is 1. The van der Waals surface area contributed by atoms with Crippen molar-refractivity contribution in [3.63, 3.8) is 0 Å².